The van der Waals surface area contributed by atoms with Crippen LogP contribution in [0.3, 0.4) is 0 Å². The molecule has 0 aromatic rings. The lowest BCUT2D eigenvalue weighted by molar-refractivity contribution is -0.150. The fraction of sp³-hybridized carbons (Fsp3) is 0.930. The molecule has 0 saturated carbocycles. The van der Waals surface area contributed by atoms with Crippen molar-refractivity contribution in [2.75, 3.05) is 33.4 Å². The summed E-state index contributed by atoms with van der Waals surface area (Å²) in [5.41, 5.74) is 0. The number of aliphatic hydroxyl groups excluding tert-OH is 1. The minimum Gasteiger partial charge on any atom is -0.469 e. The lowest BCUT2D eigenvalue weighted by Crippen LogP contribution is -2.36. The maximum atomic E-state index is 12.7. The van der Waals surface area contributed by atoms with E-state index in [4.69, 9.17) is 9.47 Å². The van der Waals surface area contributed by atoms with Gasteiger partial charge in [0.05, 0.1) is 20.3 Å². The Hall–Kier alpha value is -1.67. The average Bonchev–Trinajstić information content (AvgIpc) is 3.12. The molecule has 0 saturated heterocycles. The van der Waals surface area contributed by atoms with Crippen LogP contribution >= 0.6 is 0 Å². The highest BCUT2D eigenvalue weighted by atomic mass is 16.5. The van der Waals surface area contributed by atoms with Gasteiger partial charge in [0.2, 0.25) is 0 Å². The standard InChI is InChI=1S/C43H83NO7/c1-5-7-9-11-14-23-31-40(30-22-13-10-8-6-2)51-43(48)34-26-17-16-21-29-39(3)44(36-37-45)35-27-19-12-15-25-33-42(47)50-38-28-20-18-24-32-41(46)49-4/h39-40,45H,5-38H2,1-4H3. The number of aliphatic hydroxyl groups is 1. The van der Waals surface area contributed by atoms with Gasteiger partial charge < -0.3 is 19.3 Å². The van der Waals surface area contributed by atoms with Crippen LogP contribution in [0.1, 0.15) is 213 Å². The molecule has 0 radical (unpaired) electrons. The fourth-order valence-electron chi connectivity index (χ4n) is 6.76. The lowest BCUT2D eigenvalue weighted by Gasteiger charge is -2.28. The van der Waals surface area contributed by atoms with E-state index < -0.39 is 0 Å². The molecule has 1 N–H and O–H groups in total. The highest BCUT2D eigenvalue weighted by Gasteiger charge is 2.15. The second kappa shape index (κ2) is 38.1. The summed E-state index contributed by atoms with van der Waals surface area (Å²) in [5.74, 6) is -0.278. The Labute approximate surface area is 314 Å². The Morgan fingerprint density at radius 1 is 0.529 bits per heavy atom. The Bertz CT molecular complexity index is 792. The molecular formula is C43H83NO7. The molecule has 0 bridgehead atoms. The molecule has 0 amide bonds. The predicted octanol–water partition coefficient (Wildman–Crippen LogP) is 11.0. The van der Waals surface area contributed by atoms with E-state index >= 15 is 0 Å². The molecule has 302 valence electrons. The third-order valence-electron chi connectivity index (χ3n) is 10.2. The Balaban J connectivity index is 4.04. The van der Waals surface area contributed by atoms with Gasteiger partial charge in [-0.05, 0) is 77.7 Å². The first-order chi connectivity index (χ1) is 24.9. The average molecular weight is 726 g/mol. The molecular weight excluding hydrogens is 642 g/mol. The van der Waals surface area contributed by atoms with E-state index in [-0.39, 0.29) is 30.6 Å². The van der Waals surface area contributed by atoms with Gasteiger partial charge in [-0.1, -0.05) is 123 Å². The topological polar surface area (TPSA) is 102 Å². The van der Waals surface area contributed by atoms with Gasteiger partial charge >= 0.3 is 17.9 Å². The van der Waals surface area contributed by atoms with E-state index in [0.29, 0.717) is 38.5 Å². The van der Waals surface area contributed by atoms with Crippen molar-refractivity contribution >= 4 is 17.9 Å². The normalized spacial score (nSPS) is 12.6. The summed E-state index contributed by atoms with van der Waals surface area (Å²) in [4.78, 5) is 38.2. The molecule has 0 aromatic carbocycles. The first-order valence-corrected chi connectivity index (χ1v) is 21.6. The van der Waals surface area contributed by atoms with E-state index in [1.807, 2.05) is 0 Å². The molecule has 8 nitrogen and oxygen atoms in total. The summed E-state index contributed by atoms with van der Waals surface area (Å²) in [6.45, 7) is 9.12. The largest absolute Gasteiger partial charge is 0.469 e. The molecule has 0 aliphatic carbocycles. The number of hydrogen-bond acceptors (Lipinski definition) is 8. The van der Waals surface area contributed by atoms with E-state index in [1.165, 1.54) is 77.7 Å². The maximum absolute atomic E-state index is 12.7. The maximum Gasteiger partial charge on any atom is 0.306 e. The number of rotatable bonds is 39. The number of carbonyl (C=O) groups excluding carboxylic acids is 3. The van der Waals surface area contributed by atoms with Crippen LogP contribution in [-0.4, -0.2) is 73.5 Å². The van der Waals surface area contributed by atoms with Gasteiger partial charge in [-0.25, -0.2) is 0 Å². The van der Waals surface area contributed by atoms with Crippen molar-refractivity contribution in [1.82, 2.24) is 4.90 Å². The number of unbranched alkanes of at least 4 members (excludes halogenated alkanes) is 19. The van der Waals surface area contributed by atoms with Crippen LogP contribution in [0.4, 0.5) is 0 Å². The van der Waals surface area contributed by atoms with Crippen molar-refractivity contribution in [1.29, 1.82) is 0 Å². The third-order valence-corrected chi connectivity index (χ3v) is 10.2. The molecule has 0 aromatic heterocycles. The summed E-state index contributed by atoms with van der Waals surface area (Å²) in [7, 11) is 1.41. The van der Waals surface area contributed by atoms with Gasteiger partial charge in [0.15, 0.2) is 0 Å². The summed E-state index contributed by atoms with van der Waals surface area (Å²) < 4.78 is 16.0. The molecule has 0 fully saturated rings. The van der Waals surface area contributed by atoms with Gasteiger partial charge in [-0.2, -0.15) is 0 Å². The molecule has 8 heteroatoms. The highest BCUT2D eigenvalue weighted by Crippen LogP contribution is 2.19. The Morgan fingerprint density at radius 2 is 0.980 bits per heavy atom. The third kappa shape index (κ3) is 33.9. The van der Waals surface area contributed by atoms with Gasteiger partial charge in [0.1, 0.15) is 6.10 Å². The molecule has 0 spiro atoms. The van der Waals surface area contributed by atoms with Crippen molar-refractivity contribution in [3.05, 3.63) is 0 Å². The molecule has 2 atom stereocenters. The predicted molar refractivity (Wildman–Crippen MR) is 211 cm³/mol. The van der Waals surface area contributed by atoms with Crippen LogP contribution in [0, 0.1) is 0 Å². The number of carbonyl (C=O) groups is 3. The Morgan fingerprint density at radius 3 is 1.53 bits per heavy atom. The van der Waals surface area contributed by atoms with E-state index in [1.54, 1.807) is 0 Å². The second-order valence-electron chi connectivity index (χ2n) is 14.9. The first-order valence-electron chi connectivity index (χ1n) is 21.6. The van der Waals surface area contributed by atoms with Crippen molar-refractivity contribution in [2.45, 2.75) is 226 Å². The van der Waals surface area contributed by atoms with Crippen LogP contribution in [0.15, 0.2) is 0 Å². The molecule has 0 heterocycles. The van der Waals surface area contributed by atoms with E-state index in [2.05, 4.69) is 30.4 Å². The molecule has 2 unspecified atom stereocenters. The monoisotopic (exact) mass is 726 g/mol. The number of hydrogen-bond donors (Lipinski definition) is 1. The smallest absolute Gasteiger partial charge is 0.306 e. The van der Waals surface area contributed by atoms with Gasteiger partial charge in [0, 0.05) is 31.8 Å². The summed E-state index contributed by atoms with van der Waals surface area (Å²) in [6, 6.07) is 0.435. The Kier molecular flexibility index (Phi) is 36.8. The zero-order valence-corrected chi connectivity index (χ0v) is 34.0. The van der Waals surface area contributed by atoms with Crippen molar-refractivity contribution in [3.8, 4) is 0 Å². The summed E-state index contributed by atoms with van der Waals surface area (Å²) in [5, 5.41) is 9.64. The minimum atomic E-state index is -0.168. The number of methoxy groups -OCH3 is 1. The van der Waals surface area contributed by atoms with Gasteiger partial charge in [-0.3, -0.25) is 19.3 Å². The lowest BCUT2D eigenvalue weighted by atomic mass is 10.0. The van der Waals surface area contributed by atoms with E-state index in [9.17, 15) is 19.5 Å². The summed E-state index contributed by atoms with van der Waals surface area (Å²) >= 11 is 0. The van der Waals surface area contributed by atoms with E-state index in [0.717, 1.165) is 109 Å². The number of nitrogens with zero attached hydrogens (tertiary/aromatic N) is 1. The zero-order chi connectivity index (χ0) is 37.6. The van der Waals surface area contributed by atoms with Crippen LogP contribution in [0.5, 0.6) is 0 Å². The molecule has 51 heavy (non-hydrogen) atoms. The zero-order valence-electron chi connectivity index (χ0n) is 34.0. The molecule has 0 rings (SSSR count). The number of ether oxygens (including phenoxy) is 3. The highest BCUT2D eigenvalue weighted by molar-refractivity contribution is 5.69. The summed E-state index contributed by atoms with van der Waals surface area (Å²) in [6.07, 6.45) is 31.7. The van der Waals surface area contributed by atoms with Gasteiger partial charge in [0.25, 0.3) is 0 Å². The second-order valence-corrected chi connectivity index (χ2v) is 14.9. The number of esters is 3. The van der Waals surface area contributed by atoms with Crippen LogP contribution in [0.2, 0.25) is 0 Å². The van der Waals surface area contributed by atoms with Crippen molar-refractivity contribution in [3.63, 3.8) is 0 Å². The first kappa shape index (κ1) is 49.3. The minimum absolute atomic E-state index is 0.00115. The van der Waals surface area contributed by atoms with Gasteiger partial charge in [-0.15, -0.1) is 0 Å². The quantitative estimate of drug-likeness (QED) is 0.0379. The van der Waals surface area contributed by atoms with Crippen LogP contribution < -0.4 is 0 Å². The molecule has 0 aliphatic rings. The SMILES string of the molecule is CCCCCCCCC(CCCCCCC)OC(=O)CCCCCCC(C)N(CCO)CCCCCCCC(=O)OCCCCCCC(=O)OC. The van der Waals surface area contributed by atoms with Crippen LogP contribution in [0.25, 0.3) is 0 Å². The van der Waals surface area contributed by atoms with Crippen molar-refractivity contribution in [2.24, 2.45) is 0 Å². The fourth-order valence-corrected chi connectivity index (χ4v) is 6.76. The van der Waals surface area contributed by atoms with Crippen molar-refractivity contribution < 1.29 is 33.7 Å². The molecule has 0 aliphatic heterocycles. The van der Waals surface area contributed by atoms with Crippen LogP contribution in [-0.2, 0) is 28.6 Å².